The third-order valence-corrected chi connectivity index (χ3v) is 7.22. The van der Waals surface area contributed by atoms with Crippen molar-refractivity contribution in [2.24, 2.45) is 43.3 Å². The van der Waals surface area contributed by atoms with Gasteiger partial charge in [-0.2, -0.15) is 0 Å². The van der Waals surface area contributed by atoms with Gasteiger partial charge in [-0.3, -0.25) is 4.70 Å². The first kappa shape index (κ1) is 92.8. The van der Waals surface area contributed by atoms with E-state index in [0.717, 1.165) is 17.9 Å². The van der Waals surface area contributed by atoms with E-state index in [2.05, 4.69) is 223 Å². The molecule has 4 N–H and O–H groups in total. The van der Waals surface area contributed by atoms with Crippen LogP contribution < -0.4 is 28.7 Å². The topological polar surface area (TPSA) is 109 Å². The zero-order chi connectivity index (χ0) is 45.7. The molecule has 0 unspecified atom stereocenters. The van der Waals surface area contributed by atoms with Crippen molar-refractivity contribution in [1.82, 2.24) is 0 Å². The molecule has 0 aliphatic heterocycles. The molecule has 0 heterocycles. The van der Waals surface area contributed by atoms with Crippen LogP contribution >= 0.6 is 0 Å². The van der Waals surface area contributed by atoms with E-state index in [-0.39, 0.29) is 72.2 Å². The monoisotopic (exact) mass is 1190 g/mol. The van der Waals surface area contributed by atoms with Gasteiger partial charge in [0.2, 0.25) is 0 Å². The number of nitrogens with zero attached hydrogens (tertiary/aromatic N) is 4. The molecule has 0 aliphatic carbocycles. The van der Waals surface area contributed by atoms with E-state index in [9.17, 15) is 0 Å². The van der Waals surface area contributed by atoms with E-state index in [0.29, 0.717) is 43.3 Å². The molecule has 8 nitrogen and oxygen atoms in total. The molecule has 1 radical (unpaired) electrons. The Kier molecular flexibility index (Phi) is 51.7. The van der Waals surface area contributed by atoms with E-state index in [1.807, 2.05) is 0 Å². The Bertz CT molecular complexity index is 777. The minimum atomic E-state index is 0. The normalized spacial score (nSPS) is 12.7. The van der Waals surface area contributed by atoms with Crippen LogP contribution in [0.2, 0.25) is 0 Å². The van der Waals surface area contributed by atoms with Crippen LogP contribution in [0.25, 0.3) is 0 Å². The van der Waals surface area contributed by atoms with Gasteiger partial charge in [0.15, 0.2) is 0 Å². The van der Waals surface area contributed by atoms with Crippen molar-refractivity contribution in [3.05, 3.63) is 0 Å². The van der Waals surface area contributed by atoms with Crippen molar-refractivity contribution in [1.29, 1.82) is 0 Å². The van der Waals surface area contributed by atoms with Crippen LogP contribution in [0.1, 0.15) is 166 Å². The van der Waals surface area contributed by atoms with Crippen molar-refractivity contribution in [3.8, 4) is 0 Å². The molecule has 0 rings (SSSR count). The van der Waals surface area contributed by atoms with E-state index < -0.39 is 0 Å². The van der Waals surface area contributed by atoms with Gasteiger partial charge in [0.25, 0.3) is 0 Å². The Morgan fingerprint density at radius 2 is 0.344 bits per heavy atom. The van der Waals surface area contributed by atoms with Gasteiger partial charge in [-0.1, -0.05) is 166 Å². The zero-order valence-corrected chi connectivity index (χ0v) is 52.1. The Balaban J connectivity index is -0.0000000498. The average Bonchev–Trinajstić information content (AvgIpc) is 2.60. The molecule has 61 heavy (non-hydrogen) atoms. The fourth-order valence-corrected chi connectivity index (χ4v) is 10.5. The van der Waals surface area contributed by atoms with Crippen LogP contribution in [0.3, 0.4) is 0 Å². The molecule has 0 saturated carbocycles. The average molecular weight is 1200 g/mol. The Hall–Kier alpha value is 1.59. The van der Waals surface area contributed by atoms with E-state index in [1.54, 1.807) is 21.0 Å². The molecule has 0 aromatic carbocycles. The van der Waals surface area contributed by atoms with Gasteiger partial charge in [-0.05, 0) is 0 Å². The molecule has 0 aliphatic rings. The van der Waals surface area contributed by atoms with Crippen molar-refractivity contribution >= 4 is 0 Å². The summed E-state index contributed by atoms with van der Waals surface area (Å²) in [6.45, 7) is 65.5. The van der Waals surface area contributed by atoms with Crippen LogP contribution in [0, 0.1) is 43.3 Å². The van der Waals surface area contributed by atoms with E-state index in [4.69, 9.17) is 3.25 Å². The van der Waals surface area contributed by atoms with Gasteiger partial charge in [-0.15, -0.1) is 0 Å². The summed E-state index contributed by atoms with van der Waals surface area (Å²) in [5.41, 5.74) is 3.40. The van der Waals surface area contributed by atoms with Crippen molar-refractivity contribution < 1.29 is 114 Å². The number of hydrogen-bond acceptors (Lipinski definition) is 3. The molecule has 0 fully saturated rings. The fraction of sp³-hybridized carbons (Fsp3) is 1.00. The molecule has 0 spiro atoms. The second-order valence-corrected chi connectivity index (χ2v) is 29.5. The summed E-state index contributed by atoms with van der Waals surface area (Å²) in [7, 11) is 18.6. The summed E-state index contributed by atoms with van der Waals surface area (Å²) in [5, 5.41) is 0. The molecular weight excluding hydrogens is 1080 g/mol. The van der Waals surface area contributed by atoms with Crippen molar-refractivity contribution in [3.63, 3.8) is 0 Å². The molecule has 13 heteroatoms. The van der Waals surface area contributed by atoms with Crippen molar-refractivity contribution in [2.75, 3.05) is 109 Å². The van der Waals surface area contributed by atoms with Gasteiger partial charge >= 0.3 is 24.3 Å². The quantitative estimate of drug-likeness (QED) is 0.183. The van der Waals surface area contributed by atoms with Crippen LogP contribution in [-0.2, 0) is 46.7 Å². The van der Waals surface area contributed by atoms with Crippen LogP contribution in [0.5, 0.6) is 0 Å². The van der Waals surface area contributed by atoms with Gasteiger partial charge in [0.05, 0.1) is 109 Å². The zero-order valence-electron chi connectivity index (χ0n) is 47.0. The summed E-state index contributed by atoms with van der Waals surface area (Å²) in [6, 6.07) is 0. The van der Waals surface area contributed by atoms with E-state index in [1.165, 1.54) is 52.4 Å². The summed E-state index contributed by atoms with van der Waals surface area (Å²) in [6.07, 6.45) is 0. The maximum absolute atomic E-state index is 8.06. The molecule has 0 saturated heterocycles. The molecule has 0 amide bonds. The number of quaternary nitrogens is 4. The second kappa shape index (κ2) is 34.0. The third kappa shape index (κ3) is 88.9. The SMILES string of the molecule is CC(C)(C)C[N+](C)(C)CC(C)(C)C.CC(C)(C)C[N+](C)(C)CC(C)(C)C.CC(C)(C)C[N+](C)(C)CC(C)(C)C.CC(C)(C)C[N+](C)(C)CC(C)(C)C.F.O.[Ag].[F-].[I-].[OH-].[OH-].[O]=[Ag]. The molecule has 0 atom stereocenters. The predicted octanol–water partition coefficient (Wildman–Crippen LogP) is 5.48. The number of halogens is 3. The van der Waals surface area contributed by atoms with Crippen LogP contribution in [0.4, 0.5) is 4.70 Å². The summed E-state index contributed by atoms with van der Waals surface area (Å²) in [4.78, 5) is 0. The minimum absolute atomic E-state index is 0. The van der Waals surface area contributed by atoms with Crippen LogP contribution in [0.15, 0.2) is 0 Å². The third-order valence-electron chi connectivity index (χ3n) is 7.22. The first-order valence-corrected chi connectivity index (χ1v) is 21.7. The number of hydrogen-bond donors (Lipinski definition) is 0. The standard InChI is InChI=1S/4C12H28N.2Ag.2FH.HI.3H2O.O/c4*1-11(2,3)9-13(7,8)10-12(4,5)6;;;;;;;;;/h4*9-10H2,1-8H3;;;3*1H;3*1H2;/q4*+1;;;;;;;;;/p-4. The van der Waals surface area contributed by atoms with Gasteiger partial charge in [-0.25, -0.2) is 0 Å². The summed E-state index contributed by atoms with van der Waals surface area (Å²) in [5.74, 6) is 0. The summed E-state index contributed by atoms with van der Waals surface area (Å²) >= 11 is 1.70. The second-order valence-electron chi connectivity index (χ2n) is 29.5. The summed E-state index contributed by atoms with van der Waals surface area (Å²) < 4.78 is 12.5. The van der Waals surface area contributed by atoms with E-state index >= 15 is 0 Å². The first-order valence-electron chi connectivity index (χ1n) is 21.1. The Morgan fingerprint density at radius 1 is 0.295 bits per heavy atom. The molecule has 0 aromatic heterocycles. The molecule has 396 valence electrons. The molecular formula is C48H117Ag2F2IN4O4. The van der Waals surface area contributed by atoms with Crippen molar-refractivity contribution in [2.45, 2.75) is 166 Å². The first-order chi connectivity index (χ1) is 22.7. The Morgan fingerprint density at radius 3 is 0.377 bits per heavy atom. The van der Waals surface area contributed by atoms with Gasteiger partial charge in [0.1, 0.15) is 0 Å². The van der Waals surface area contributed by atoms with Crippen LogP contribution in [-0.4, -0.2) is 143 Å². The molecule has 0 bridgehead atoms. The Labute approximate surface area is 429 Å². The van der Waals surface area contributed by atoms with Gasteiger partial charge < -0.3 is 63.0 Å². The fourth-order valence-electron chi connectivity index (χ4n) is 10.5. The number of rotatable bonds is 8. The maximum atomic E-state index is 8.06. The molecule has 0 aromatic rings. The predicted molar refractivity (Wildman–Crippen MR) is 254 cm³/mol. The van der Waals surface area contributed by atoms with Gasteiger partial charge in [0, 0.05) is 65.7 Å².